The lowest BCUT2D eigenvalue weighted by Crippen LogP contribution is -2.15. The molecule has 0 saturated carbocycles. The first kappa shape index (κ1) is 11.9. The van der Waals surface area contributed by atoms with Crippen molar-refractivity contribution in [3.63, 3.8) is 0 Å². The molecule has 1 aromatic heterocycles. The second kappa shape index (κ2) is 5.64. The summed E-state index contributed by atoms with van der Waals surface area (Å²) < 4.78 is 0. The molecule has 1 aromatic carbocycles. The number of hydrogen-bond donors (Lipinski definition) is 2. The monoisotopic (exact) mass is 230 g/mol. The summed E-state index contributed by atoms with van der Waals surface area (Å²) in [7, 11) is 0. The molecule has 0 aliphatic rings. The molecule has 3 heteroatoms. The third-order valence-electron chi connectivity index (χ3n) is 2.85. The van der Waals surface area contributed by atoms with E-state index in [4.69, 9.17) is 5.11 Å². The third kappa shape index (κ3) is 2.94. The highest BCUT2D eigenvalue weighted by atomic mass is 16.2. The van der Waals surface area contributed by atoms with Gasteiger partial charge in [-0.2, -0.15) is 0 Å². The summed E-state index contributed by atoms with van der Waals surface area (Å²) in [5.41, 5.74) is 2.12. The number of aliphatic hydroxyl groups is 1. The lowest BCUT2D eigenvalue weighted by Gasteiger charge is -2.16. The Morgan fingerprint density at radius 2 is 2.12 bits per heavy atom. The Bertz CT molecular complexity index is 479. The van der Waals surface area contributed by atoms with E-state index < -0.39 is 0 Å². The molecule has 0 radical (unpaired) electrons. The predicted molar refractivity (Wildman–Crippen MR) is 71.1 cm³/mol. The van der Waals surface area contributed by atoms with E-state index in [0.717, 1.165) is 29.4 Å². The van der Waals surface area contributed by atoms with Crippen molar-refractivity contribution in [2.24, 2.45) is 0 Å². The van der Waals surface area contributed by atoms with Crippen LogP contribution < -0.4 is 5.32 Å². The second-order valence-corrected chi connectivity index (χ2v) is 4.29. The van der Waals surface area contributed by atoms with Gasteiger partial charge >= 0.3 is 0 Å². The molecule has 2 aromatic rings. The van der Waals surface area contributed by atoms with Crippen molar-refractivity contribution in [3.8, 4) is 0 Å². The van der Waals surface area contributed by atoms with Crippen molar-refractivity contribution in [2.45, 2.75) is 25.8 Å². The fourth-order valence-electron chi connectivity index (χ4n) is 1.96. The zero-order valence-electron chi connectivity index (χ0n) is 10.1. The zero-order chi connectivity index (χ0) is 12.1. The number of nitrogens with zero attached hydrogens (tertiary/aromatic N) is 1. The lowest BCUT2D eigenvalue weighted by molar-refractivity contribution is 0.282. The van der Waals surface area contributed by atoms with Crippen LogP contribution in [-0.4, -0.2) is 22.7 Å². The van der Waals surface area contributed by atoms with E-state index in [1.54, 1.807) is 0 Å². The molecule has 0 fully saturated rings. The Morgan fingerprint density at radius 1 is 1.29 bits per heavy atom. The van der Waals surface area contributed by atoms with Gasteiger partial charge in [0.1, 0.15) is 0 Å². The summed E-state index contributed by atoms with van der Waals surface area (Å²) in [4.78, 5) is 4.33. The van der Waals surface area contributed by atoms with Gasteiger partial charge in [-0.25, -0.2) is 0 Å². The van der Waals surface area contributed by atoms with E-state index in [9.17, 15) is 0 Å². The normalized spacial score (nSPS) is 12.6. The van der Waals surface area contributed by atoms with Crippen LogP contribution in [0, 0.1) is 0 Å². The molecule has 0 saturated heterocycles. The first-order chi connectivity index (χ1) is 8.31. The number of anilines is 1. The average Bonchev–Trinajstić information content (AvgIpc) is 2.37. The van der Waals surface area contributed by atoms with Crippen molar-refractivity contribution in [1.29, 1.82) is 0 Å². The topological polar surface area (TPSA) is 45.1 Å². The maximum atomic E-state index is 8.82. The average molecular weight is 230 g/mol. The van der Waals surface area contributed by atoms with Crippen LogP contribution >= 0.6 is 0 Å². The molecule has 1 unspecified atom stereocenters. The van der Waals surface area contributed by atoms with E-state index in [1.807, 2.05) is 30.5 Å². The van der Waals surface area contributed by atoms with Crippen molar-refractivity contribution in [1.82, 2.24) is 4.98 Å². The second-order valence-electron chi connectivity index (χ2n) is 4.29. The van der Waals surface area contributed by atoms with Crippen LogP contribution in [0.4, 0.5) is 5.69 Å². The van der Waals surface area contributed by atoms with Crippen LogP contribution in [0.25, 0.3) is 10.9 Å². The largest absolute Gasteiger partial charge is 0.396 e. The number of hydrogen-bond acceptors (Lipinski definition) is 3. The molecule has 2 rings (SSSR count). The lowest BCUT2D eigenvalue weighted by atomic mass is 10.1. The molecular formula is C14H18N2O. The van der Waals surface area contributed by atoms with Crippen molar-refractivity contribution in [2.75, 3.05) is 11.9 Å². The number of nitrogens with one attached hydrogen (secondary N) is 1. The van der Waals surface area contributed by atoms with Crippen LogP contribution in [0.1, 0.15) is 19.8 Å². The highest BCUT2D eigenvalue weighted by molar-refractivity contribution is 5.90. The third-order valence-corrected chi connectivity index (χ3v) is 2.85. The minimum absolute atomic E-state index is 0.253. The summed E-state index contributed by atoms with van der Waals surface area (Å²) in [5.74, 6) is 0. The molecule has 0 aliphatic carbocycles. The van der Waals surface area contributed by atoms with Gasteiger partial charge in [-0.1, -0.05) is 18.2 Å². The summed E-state index contributed by atoms with van der Waals surface area (Å²) in [6, 6.07) is 10.5. The van der Waals surface area contributed by atoms with Gasteiger partial charge < -0.3 is 10.4 Å². The number of rotatable bonds is 5. The molecule has 17 heavy (non-hydrogen) atoms. The number of fused-ring (bicyclic) bond motifs is 1. The fraction of sp³-hybridized carbons (Fsp3) is 0.357. The summed E-state index contributed by atoms with van der Waals surface area (Å²) in [6.07, 6.45) is 3.62. The van der Waals surface area contributed by atoms with Crippen LogP contribution in [0.3, 0.4) is 0 Å². The fourth-order valence-corrected chi connectivity index (χ4v) is 1.96. The predicted octanol–water partition coefficient (Wildman–Crippen LogP) is 2.81. The molecule has 0 spiro atoms. The molecule has 0 bridgehead atoms. The number of aliphatic hydroxyl groups excluding tert-OH is 1. The highest BCUT2D eigenvalue weighted by Crippen LogP contribution is 2.22. The van der Waals surface area contributed by atoms with E-state index >= 15 is 0 Å². The smallest absolute Gasteiger partial charge is 0.0722 e. The minimum Gasteiger partial charge on any atom is -0.396 e. The maximum Gasteiger partial charge on any atom is 0.0722 e. The Labute approximate surface area is 102 Å². The molecule has 90 valence electrons. The van der Waals surface area contributed by atoms with Gasteiger partial charge in [0.15, 0.2) is 0 Å². The molecule has 2 N–H and O–H groups in total. The van der Waals surface area contributed by atoms with Gasteiger partial charge in [0.25, 0.3) is 0 Å². The van der Waals surface area contributed by atoms with Crippen LogP contribution in [0.2, 0.25) is 0 Å². The van der Waals surface area contributed by atoms with Gasteiger partial charge in [0.05, 0.1) is 5.52 Å². The Kier molecular flexibility index (Phi) is 3.94. The molecule has 0 amide bonds. The molecule has 0 aliphatic heterocycles. The first-order valence-corrected chi connectivity index (χ1v) is 6.02. The van der Waals surface area contributed by atoms with E-state index in [1.165, 1.54) is 0 Å². The SMILES string of the molecule is CC(CCCO)Nc1ccnc2ccccc12. The summed E-state index contributed by atoms with van der Waals surface area (Å²) in [5, 5.41) is 13.4. The number of benzene rings is 1. The molecule has 3 nitrogen and oxygen atoms in total. The number of para-hydroxylation sites is 1. The first-order valence-electron chi connectivity index (χ1n) is 6.02. The standard InChI is InChI=1S/C14H18N2O/c1-11(5-4-10-17)16-14-8-9-15-13-7-3-2-6-12(13)14/h2-3,6-9,11,17H,4-5,10H2,1H3,(H,15,16). The molecule has 1 heterocycles. The van der Waals surface area contributed by atoms with Crippen LogP contribution in [0.5, 0.6) is 0 Å². The quantitative estimate of drug-likeness (QED) is 0.830. The van der Waals surface area contributed by atoms with Crippen molar-refractivity contribution >= 4 is 16.6 Å². The zero-order valence-corrected chi connectivity index (χ0v) is 10.1. The Balaban J connectivity index is 2.18. The number of aromatic nitrogens is 1. The maximum absolute atomic E-state index is 8.82. The van der Waals surface area contributed by atoms with Crippen LogP contribution in [-0.2, 0) is 0 Å². The van der Waals surface area contributed by atoms with E-state index in [0.29, 0.717) is 6.04 Å². The Morgan fingerprint density at radius 3 is 2.94 bits per heavy atom. The molecular weight excluding hydrogens is 212 g/mol. The van der Waals surface area contributed by atoms with Gasteiger partial charge in [0, 0.05) is 29.9 Å². The van der Waals surface area contributed by atoms with Crippen molar-refractivity contribution in [3.05, 3.63) is 36.5 Å². The van der Waals surface area contributed by atoms with Crippen LogP contribution in [0.15, 0.2) is 36.5 Å². The van der Waals surface area contributed by atoms with Gasteiger partial charge in [-0.15, -0.1) is 0 Å². The molecule has 1 atom stereocenters. The van der Waals surface area contributed by atoms with E-state index in [-0.39, 0.29) is 6.61 Å². The van der Waals surface area contributed by atoms with Gasteiger partial charge in [-0.05, 0) is 31.9 Å². The van der Waals surface area contributed by atoms with Gasteiger partial charge in [0.2, 0.25) is 0 Å². The Hall–Kier alpha value is -1.61. The van der Waals surface area contributed by atoms with Crippen molar-refractivity contribution < 1.29 is 5.11 Å². The van der Waals surface area contributed by atoms with E-state index in [2.05, 4.69) is 23.3 Å². The highest BCUT2D eigenvalue weighted by Gasteiger charge is 2.05. The number of pyridine rings is 1. The minimum atomic E-state index is 0.253. The summed E-state index contributed by atoms with van der Waals surface area (Å²) in [6.45, 7) is 2.38. The van der Waals surface area contributed by atoms with Gasteiger partial charge in [-0.3, -0.25) is 4.98 Å². The summed E-state index contributed by atoms with van der Waals surface area (Å²) >= 11 is 0.